The Balaban J connectivity index is 2.01. The van der Waals surface area contributed by atoms with E-state index in [1.54, 1.807) is 4.68 Å². The summed E-state index contributed by atoms with van der Waals surface area (Å²) >= 11 is 0. The first kappa shape index (κ1) is 14.1. The number of aromatic nitrogens is 2. The van der Waals surface area contributed by atoms with Gasteiger partial charge < -0.3 is 10.4 Å². The zero-order valence-corrected chi connectivity index (χ0v) is 11.7. The first-order valence-corrected chi connectivity index (χ1v) is 7.19. The van der Waals surface area contributed by atoms with Crippen molar-refractivity contribution in [3.8, 4) is 0 Å². The number of hydrogen-bond acceptors (Lipinski definition) is 3. The quantitative estimate of drug-likeness (QED) is 0.867. The maximum atomic E-state index is 12.3. The molecule has 1 aliphatic rings. The highest BCUT2D eigenvalue weighted by Crippen LogP contribution is 2.18. The van der Waals surface area contributed by atoms with Crippen LogP contribution in [-0.4, -0.2) is 32.9 Å². The van der Waals surface area contributed by atoms with E-state index in [1.165, 1.54) is 0 Å². The lowest BCUT2D eigenvalue weighted by molar-refractivity contribution is 0.0858. The first-order chi connectivity index (χ1) is 9.13. The van der Waals surface area contributed by atoms with Gasteiger partial charge in [-0.15, -0.1) is 0 Å². The van der Waals surface area contributed by atoms with E-state index in [0.29, 0.717) is 12.2 Å². The van der Waals surface area contributed by atoms with Crippen molar-refractivity contribution in [1.29, 1.82) is 0 Å². The lowest BCUT2D eigenvalue weighted by Crippen LogP contribution is -2.39. The number of carbonyl (C=O) groups excluding carboxylic acids is 1. The molecule has 0 unspecified atom stereocenters. The van der Waals surface area contributed by atoms with E-state index < -0.39 is 0 Å². The van der Waals surface area contributed by atoms with Gasteiger partial charge in [-0.1, -0.05) is 6.92 Å². The van der Waals surface area contributed by atoms with Crippen LogP contribution in [0.5, 0.6) is 0 Å². The van der Waals surface area contributed by atoms with Crippen LogP contribution in [0.15, 0.2) is 6.07 Å². The smallest absolute Gasteiger partial charge is 0.269 e. The predicted octanol–water partition coefficient (Wildman–Crippen LogP) is 1.50. The molecule has 1 heterocycles. The third kappa shape index (κ3) is 3.35. The van der Waals surface area contributed by atoms with Crippen molar-refractivity contribution in [2.75, 3.05) is 0 Å². The number of rotatable bonds is 4. The molecule has 0 saturated heterocycles. The zero-order valence-electron chi connectivity index (χ0n) is 11.7. The summed E-state index contributed by atoms with van der Waals surface area (Å²) < 4.78 is 1.76. The van der Waals surface area contributed by atoms with E-state index in [2.05, 4.69) is 10.4 Å². The van der Waals surface area contributed by atoms with E-state index in [0.717, 1.165) is 37.8 Å². The average molecular weight is 265 g/mol. The number of hydrogen-bond donors (Lipinski definition) is 2. The summed E-state index contributed by atoms with van der Waals surface area (Å²) in [6.45, 7) is 4.72. The molecule has 2 N–H and O–H groups in total. The number of nitrogens with zero attached hydrogens (tertiary/aromatic N) is 2. The molecular weight excluding hydrogens is 242 g/mol. The lowest BCUT2D eigenvalue weighted by atomic mass is 9.93. The van der Waals surface area contributed by atoms with E-state index >= 15 is 0 Å². The van der Waals surface area contributed by atoms with Crippen molar-refractivity contribution in [1.82, 2.24) is 15.1 Å². The summed E-state index contributed by atoms with van der Waals surface area (Å²) in [7, 11) is 0. The van der Waals surface area contributed by atoms with Gasteiger partial charge in [0.05, 0.1) is 11.8 Å². The normalized spacial score (nSPS) is 23.3. The Morgan fingerprint density at radius 2 is 2.11 bits per heavy atom. The Bertz CT molecular complexity index is 434. The third-order valence-electron chi connectivity index (χ3n) is 3.76. The van der Waals surface area contributed by atoms with Gasteiger partial charge in [0, 0.05) is 12.6 Å². The summed E-state index contributed by atoms with van der Waals surface area (Å²) in [4.78, 5) is 12.3. The summed E-state index contributed by atoms with van der Waals surface area (Å²) in [6.07, 6.45) is 3.90. The number of amides is 1. The largest absolute Gasteiger partial charge is 0.393 e. The maximum absolute atomic E-state index is 12.3. The van der Waals surface area contributed by atoms with E-state index in [4.69, 9.17) is 0 Å². The second kappa shape index (κ2) is 6.19. The highest BCUT2D eigenvalue weighted by Gasteiger charge is 2.22. The molecule has 1 fully saturated rings. The Labute approximate surface area is 114 Å². The van der Waals surface area contributed by atoms with E-state index in [9.17, 15) is 9.90 Å². The van der Waals surface area contributed by atoms with Crippen LogP contribution in [0.4, 0.5) is 0 Å². The van der Waals surface area contributed by atoms with Crippen molar-refractivity contribution < 1.29 is 9.90 Å². The van der Waals surface area contributed by atoms with Crippen LogP contribution in [0, 0.1) is 0 Å². The minimum absolute atomic E-state index is 0.0459. The number of carbonyl (C=O) groups is 1. The Morgan fingerprint density at radius 1 is 1.42 bits per heavy atom. The van der Waals surface area contributed by atoms with Crippen molar-refractivity contribution in [3.63, 3.8) is 0 Å². The van der Waals surface area contributed by atoms with Crippen LogP contribution in [0.2, 0.25) is 0 Å². The van der Waals surface area contributed by atoms with Crippen LogP contribution in [0.3, 0.4) is 0 Å². The number of aliphatic hydroxyl groups excluding tert-OH is 1. The number of nitrogens with one attached hydrogen (secondary N) is 1. The maximum Gasteiger partial charge on any atom is 0.269 e. The molecule has 1 aliphatic carbocycles. The molecule has 0 bridgehead atoms. The molecule has 5 heteroatoms. The van der Waals surface area contributed by atoms with Gasteiger partial charge in [0.2, 0.25) is 0 Å². The molecule has 1 amide bonds. The van der Waals surface area contributed by atoms with Gasteiger partial charge in [-0.2, -0.15) is 5.10 Å². The van der Waals surface area contributed by atoms with Crippen LogP contribution < -0.4 is 5.32 Å². The second-order valence-corrected chi connectivity index (χ2v) is 5.17. The summed E-state index contributed by atoms with van der Waals surface area (Å²) in [5.41, 5.74) is 1.59. The number of aryl methyl sites for hydroxylation is 2. The topological polar surface area (TPSA) is 67.2 Å². The van der Waals surface area contributed by atoms with Gasteiger partial charge in [-0.05, 0) is 45.1 Å². The molecule has 0 atom stereocenters. The zero-order chi connectivity index (χ0) is 13.8. The van der Waals surface area contributed by atoms with E-state index in [-0.39, 0.29) is 18.1 Å². The van der Waals surface area contributed by atoms with Gasteiger partial charge >= 0.3 is 0 Å². The molecular formula is C14H23N3O2. The predicted molar refractivity (Wildman–Crippen MR) is 73.0 cm³/mol. The van der Waals surface area contributed by atoms with E-state index in [1.807, 2.05) is 19.9 Å². The molecule has 0 spiro atoms. The standard InChI is InChI=1S/C14H23N3O2/c1-3-10-9-13(17(4-2)16-10)14(19)15-11-5-7-12(18)8-6-11/h9,11-12,18H,3-8H2,1-2H3,(H,15,19). The molecule has 0 aliphatic heterocycles. The fourth-order valence-electron chi connectivity index (χ4n) is 2.55. The van der Waals surface area contributed by atoms with Gasteiger partial charge in [-0.3, -0.25) is 9.48 Å². The fourth-order valence-corrected chi connectivity index (χ4v) is 2.55. The second-order valence-electron chi connectivity index (χ2n) is 5.17. The molecule has 19 heavy (non-hydrogen) atoms. The van der Waals surface area contributed by atoms with Gasteiger partial charge in [0.15, 0.2) is 0 Å². The van der Waals surface area contributed by atoms with Gasteiger partial charge in [0.1, 0.15) is 5.69 Å². The SMILES string of the molecule is CCc1cc(C(=O)NC2CCC(O)CC2)n(CC)n1. The van der Waals surface area contributed by atoms with Crippen molar-refractivity contribution in [3.05, 3.63) is 17.5 Å². The molecule has 5 nitrogen and oxygen atoms in total. The monoisotopic (exact) mass is 265 g/mol. The number of aliphatic hydroxyl groups is 1. The highest BCUT2D eigenvalue weighted by atomic mass is 16.3. The van der Waals surface area contributed by atoms with Crippen LogP contribution >= 0.6 is 0 Å². The minimum atomic E-state index is -0.194. The summed E-state index contributed by atoms with van der Waals surface area (Å²) in [5, 5.41) is 16.9. The molecule has 0 aromatic carbocycles. The minimum Gasteiger partial charge on any atom is -0.393 e. The Kier molecular flexibility index (Phi) is 4.58. The fraction of sp³-hybridized carbons (Fsp3) is 0.714. The van der Waals surface area contributed by atoms with Crippen molar-refractivity contribution in [2.45, 2.75) is 64.6 Å². The highest BCUT2D eigenvalue weighted by molar-refractivity contribution is 5.92. The van der Waals surface area contributed by atoms with Crippen LogP contribution in [0.25, 0.3) is 0 Å². The molecule has 1 saturated carbocycles. The van der Waals surface area contributed by atoms with Gasteiger partial charge in [0.25, 0.3) is 5.91 Å². The first-order valence-electron chi connectivity index (χ1n) is 7.19. The summed E-state index contributed by atoms with van der Waals surface area (Å²) in [5.74, 6) is -0.0459. The Hall–Kier alpha value is -1.36. The average Bonchev–Trinajstić information content (AvgIpc) is 2.85. The van der Waals surface area contributed by atoms with Crippen LogP contribution in [-0.2, 0) is 13.0 Å². The molecule has 1 aromatic rings. The molecule has 106 valence electrons. The van der Waals surface area contributed by atoms with Gasteiger partial charge in [-0.25, -0.2) is 0 Å². The molecule has 2 rings (SSSR count). The lowest BCUT2D eigenvalue weighted by Gasteiger charge is -2.26. The van der Waals surface area contributed by atoms with Crippen LogP contribution in [0.1, 0.15) is 55.7 Å². The summed E-state index contributed by atoms with van der Waals surface area (Å²) in [6, 6.07) is 2.05. The third-order valence-corrected chi connectivity index (χ3v) is 3.76. The molecule has 0 radical (unpaired) electrons. The van der Waals surface area contributed by atoms with Crippen molar-refractivity contribution >= 4 is 5.91 Å². The van der Waals surface area contributed by atoms with Crippen molar-refractivity contribution in [2.24, 2.45) is 0 Å². The molecule has 1 aromatic heterocycles. The Morgan fingerprint density at radius 3 is 2.68 bits per heavy atom.